The van der Waals surface area contributed by atoms with Crippen LogP contribution in [0, 0.1) is 0 Å². The number of nitrogens with two attached hydrogens (primary N) is 1. The van der Waals surface area contributed by atoms with Gasteiger partial charge in [-0.15, -0.1) is 0 Å². The van der Waals surface area contributed by atoms with Crippen molar-refractivity contribution in [1.29, 1.82) is 0 Å². The highest BCUT2D eigenvalue weighted by Gasteiger charge is 2.38. The Morgan fingerprint density at radius 1 is 0.949 bits per heavy atom. The lowest BCUT2D eigenvalue weighted by Crippen LogP contribution is -2.21. The average Bonchev–Trinajstić information content (AvgIpc) is 3.26. The van der Waals surface area contributed by atoms with Gasteiger partial charge < -0.3 is 15.0 Å². The summed E-state index contributed by atoms with van der Waals surface area (Å²) in [6.07, 6.45) is -9.61. The van der Waals surface area contributed by atoms with Gasteiger partial charge in [-0.2, -0.15) is 31.3 Å². The van der Waals surface area contributed by atoms with Gasteiger partial charge in [0.2, 0.25) is 5.95 Å². The highest BCUT2D eigenvalue weighted by atomic mass is 32.2. The largest absolute Gasteiger partial charge is 0.412 e. The quantitative estimate of drug-likeness (QED) is 0.0960. The summed E-state index contributed by atoms with van der Waals surface area (Å²) in [5.74, 6) is -0.0425. The van der Waals surface area contributed by atoms with Gasteiger partial charge in [0.1, 0.15) is 16.9 Å². The molecular weight excluding hydrogens is 575 g/mol. The molecule has 210 valence electrons. The maximum absolute atomic E-state index is 12.5. The highest BCUT2D eigenvalue weighted by Crippen LogP contribution is 2.50. The number of alkyl halides is 6. The van der Waals surface area contributed by atoms with Gasteiger partial charge in [-0.1, -0.05) is 42.1 Å². The Labute approximate surface area is 221 Å². The molecule has 0 amide bonds. The van der Waals surface area contributed by atoms with E-state index in [4.69, 9.17) is 10.5 Å². The molecule has 0 bridgehead atoms. The van der Waals surface area contributed by atoms with Crippen LogP contribution < -0.4 is 5.73 Å². The fraction of sp³-hybridized carbons (Fsp3) is 0.318. The van der Waals surface area contributed by atoms with Crippen LogP contribution in [-0.2, 0) is 24.9 Å². The normalized spacial score (nSPS) is 13.0. The third kappa shape index (κ3) is 8.29. The molecule has 0 atom stereocenters. The number of nitrogen functional groups attached to an aromatic ring is 1. The summed E-state index contributed by atoms with van der Waals surface area (Å²) in [5, 5.41) is 2.56. The van der Waals surface area contributed by atoms with E-state index < -0.39 is 39.5 Å². The van der Waals surface area contributed by atoms with Crippen LogP contribution in [0.4, 0.5) is 32.3 Å². The number of fused-ring (bicyclic) bond motifs is 2. The Morgan fingerprint density at radius 3 is 2.28 bits per heavy atom. The second kappa shape index (κ2) is 11.7. The molecule has 4 rings (SSSR count). The predicted molar refractivity (Wildman–Crippen MR) is 130 cm³/mol. The van der Waals surface area contributed by atoms with Crippen LogP contribution in [0.5, 0.6) is 0 Å². The number of nitrogens with zero attached hydrogens (tertiary/aromatic N) is 4. The Kier molecular flexibility index (Phi) is 8.71. The van der Waals surface area contributed by atoms with Crippen molar-refractivity contribution in [3.8, 4) is 0 Å². The number of imidazole rings is 1. The van der Waals surface area contributed by atoms with Crippen LogP contribution in [0.25, 0.3) is 21.9 Å². The van der Waals surface area contributed by atoms with E-state index in [0.29, 0.717) is 16.2 Å². The maximum Gasteiger partial charge on any atom is 0.412 e. The first kappa shape index (κ1) is 29.1. The molecule has 0 unspecified atom stereocenters. The fourth-order valence-corrected chi connectivity index (χ4v) is 5.49. The molecule has 9 nitrogen and oxygen atoms in total. The molecule has 0 fully saturated rings. The van der Waals surface area contributed by atoms with Crippen molar-refractivity contribution >= 4 is 47.2 Å². The lowest BCUT2D eigenvalue weighted by atomic mass is 10.1. The molecule has 0 spiro atoms. The Morgan fingerprint density at radius 2 is 1.62 bits per heavy atom. The molecule has 0 saturated heterocycles. The van der Waals surface area contributed by atoms with E-state index in [-0.39, 0.29) is 19.1 Å². The summed E-state index contributed by atoms with van der Waals surface area (Å²) < 4.78 is 102. The Hall–Kier alpha value is -2.91. The van der Waals surface area contributed by atoms with E-state index in [0.717, 1.165) is 15.7 Å². The van der Waals surface area contributed by atoms with E-state index in [1.54, 1.807) is 0 Å². The number of aromatic nitrogens is 4. The second-order valence-electron chi connectivity index (χ2n) is 8.03. The zero-order valence-corrected chi connectivity index (χ0v) is 21.5. The first-order valence-electron chi connectivity index (χ1n) is 11.0. The van der Waals surface area contributed by atoms with Gasteiger partial charge >= 0.3 is 19.9 Å². The number of halogens is 6. The van der Waals surface area contributed by atoms with Crippen LogP contribution in [0.15, 0.2) is 58.7 Å². The smallest absolute Gasteiger partial charge is 0.368 e. The Bertz CT molecular complexity index is 1480. The lowest BCUT2D eigenvalue weighted by molar-refractivity contribution is -0.166. The van der Waals surface area contributed by atoms with Crippen molar-refractivity contribution < 1.29 is 44.7 Å². The molecule has 17 heteroatoms. The van der Waals surface area contributed by atoms with E-state index in [9.17, 15) is 30.9 Å². The van der Waals surface area contributed by atoms with Crippen LogP contribution in [0.2, 0.25) is 0 Å². The fourth-order valence-electron chi connectivity index (χ4n) is 3.31. The molecule has 39 heavy (non-hydrogen) atoms. The number of rotatable bonds is 11. The summed E-state index contributed by atoms with van der Waals surface area (Å²) in [5.41, 5.74) is 6.61. The van der Waals surface area contributed by atoms with Gasteiger partial charge in [0.25, 0.3) is 0 Å². The average molecular weight is 595 g/mol. The van der Waals surface area contributed by atoms with Crippen molar-refractivity contribution in [3.63, 3.8) is 0 Å². The maximum atomic E-state index is 12.5. The first-order chi connectivity index (χ1) is 18.3. The zero-order chi connectivity index (χ0) is 28.3. The van der Waals surface area contributed by atoms with Crippen molar-refractivity contribution in [2.75, 3.05) is 31.9 Å². The SMILES string of the molecule is Nc1nc(Sc2ccc3ccccc3c2)c2ncn(CCOCP(=O)(OCC(F)(F)F)OCC(F)(F)F)c2n1. The Balaban J connectivity index is 1.43. The molecule has 0 aliphatic carbocycles. The molecule has 2 aromatic carbocycles. The van der Waals surface area contributed by atoms with E-state index >= 15 is 0 Å². The van der Waals surface area contributed by atoms with Gasteiger partial charge in [0.05, 0.1) is 12.9 Å². The molecule has 2 heterocycles. The highest BCUT2D eigenvalue weighted by molar-refractivity contribution is 7.99. The number of benzene rings is 2. The number of ether oxygens (including phenoxy) is 1. The predicted octanol–water partition coefficient (Wildman–Crippen LogP) is 6.04. The van der Waals surface area contributed by atoms with Crippen molar-refractivity contribution in [3.05, 3.63) is 48.8 Å². The van der Waals surface area contributed by atoms with Crippen LogP contribution >= 0.6 is 19.4 Å². The van der Waals surface area contributed by atoms with Crippen molar-refractivity contribution in [1.82, 2.24) is 19.5 Å². The third-order valence-electron chi connectivity index (χ3n) is 4.96. The van der Waals surface area contributed by atoms with E-state index in [2.05, 4.69) is 24.0 Å². The molecule has 0 aliphatic rings. The van der Waals surface area contributed by atoms with Gasteiger partial charge in [0.15, 0.2) is 18.9 Å². The molecule has 4 aromatic rings. The molecule has 0 saturated carbocycles. The monoisotopic (exact) mass is 595 g/mol. The standard InChI is InChI=1S/C22H20F6N5O4PS/c23-21(24,25)10-36-38(34,37-11-22(26,27)28)13-35-8-7-33-12-30-17-18(33)31-20(29)32-19(17)39-16-6-5-14-3-1-2-4-15(14)9-16/h1-6,9,12H,7-8,10-11,13H2,(H2,29,31,32). The van der Waals surface area contributed by atoms with E-state index in [1.807, 2.05) is 42.5 Å². The molecule has 0 radical (unpaired) electrons. The minimum Gasteiger partial charge on any atom is -0.368 e. The zero-order valence-electron chi connectivity index (χ0n) is 19.8. The van der Waals surface area contributed by atoms with Crippen LogP contribution in [0.3, 0.4) is 0 Å². The van der Waals surface area contributed by atoms with Gasteiger partial charge in [0, 0.05) is 11.4 Å². The molecule has 0 aliphatic heterocycles. The van der Waals surface area contributed by atoms with Gasteiger partial charge in [-0.3, -0.25) is 13.6 Å². The van der Waals surface area contributed by atoms with Gasteiger partial charge in [-0.05, 0) is 22.9 Å². The topological polar surface area (TPSA) is 114 Å². The summed E-state index contributed by atoms with van der Waals surface area (Å²) >= 11 is 1.31. The van der Waals surface area contributed by atoms with E-state index in [1.165, 1.54) is 22.7 Å². The minimum atomic E-state index is -4.94. The summed E-state index contributed by atoms with van der Waals surface area (Å²) in [6.45, 7) is -4.43. The third-order valence-corrected chi connectivity index (χ3v) is 7.47. The summed E-state index contributed by atoms with van der Waals surface area (Å²) in [7, 11) is -4.88. The number of hydrogen-bond donors (Lipinski definition) is 1. The minimum absolute atomic E-state index is 0.00836. The van der Waals surface area contributed by atoms with Crippen LogP contribution in [-0.4, -0.2) is 58.0 Å². The van der Waals surface area contributed by atoms with Crippen molar-refractivity contribution in [2.45, 2.75) is 28.8 Å². The molecule has 2 aromatic heterocycles. The van der Waals surface area contributed by atoms with Gasteiger partial charge in [-0.25, -0.2) is 9.97 Å². The number of hydrogen-bond acceptors (Lipinski definition) is 9. The summed E-state index contributed by atoms with van der Waals surface area (Å²) in [6, 6.07) is 13.7. The lowest BCUT2D eigenvalue weighted by Gasteiger charge is -2.20. The molecular formula is C22H20F6N5O4PS. The van der Waals surface area contributed by atoms with Crippen LogP contribution in [0.1, 0.15) is 0 Å². The first-order valence-corrected chi connectivity index (χ1v) is 13.6. The second-order valence-corrected chi connectivity index (χ2v) is 11.1. The number of anilines is 1. The van der Waals surface area contributed by atoms with Crippen molar-refractivity contribution in [2.24, 2.45) is 0 Å². The summed E-state index contributed by atoms with van der Waals surface area (Å²) in [4.78, 5) is 13.6. The molecule has 2 N–H and O–H groups in total.